The number of aliphatic hydroxyl groups excluding tert-OH is 7. The van der Waals surface area contributed by atoms with E-state index in [2.05, 4.69) is 19.1 Å². The lowest BCUT2D eigenvalue weighted by atomic mass is 9.98. The number of rotatable bonds is 33. The van der Waals surface area contributed by atoms with Gasteiger partial charge in [0.25, 0.3) is 0 Å². The number of aliphatic hydroxyl groups is 7. The molecule has 0 amide bonds. The average Bonchev–Trinajstić information content (AvgIpc) is 3.21. The van der Waals surface area contributed by atoms with Crippen LogP contribution in [0.2, 0.25) is 0 Å². The number of ether oxygens (including phenoxy) is 6. The highest BCUT2D eigenvalue weighted by Gasteiger charge is 2.47. The van der Waals surface area contributed by atoms with Gasteiger partial charge in [-0.25, -0.2) is 0 Å². The van der Waals surface area contributed by atoms with Gasteiger partial charge in [0.05, 0.1) is 19.8 Å². The van der Waals surface area contributed by atoms with Crippen LogP contribution in [-0.2, 0) is 38.0 Å². The van der Waals surface area contributed by atoms with Gasteiger partial charge in [0.2, 0.25) is 0 Å². The zero-order valence-corrected chi connectivity index (χ0v) is 35.3. The summed E-state index contributed by atoms with van der Waals surface area (Å²) in [6.45, 7) is 1.54. The van der Waals surface area contributed by atoms with Gasteiger partial charge in [0, 0.05) is 13.3 Å². The molecule has 11 atom stereocenters. The van der Waals surface area contributed by atoms with Crippen LogP contribution < -0.4 is 0 Å². The summed E-state index contributed by atoms with van der Waals surface area (Å²) in [6, 6.07) is 0. The Morgan fingerprint density at radius 3 is 1.52 bits per heavy atom. The topological polar surface area (TPSA) is 231 Å². The number of carbonyl (C=O) groups excluding carboxylic acids is 2. The highest BCUT2D eigenvalue weighted by Crippen LogP contribution is 2.26. The quantitative estimate of drug-likeness (QED) is 0.0278. The third-order valence-corrected chi connectivity index (χ3v) is 10.8. The molecule has 2 rings (SSSR count). The molecule has 0 bridgehead atoms. The fourth-order valence-corrected chi connectivity index (χ4v) is 7.11. The maximum Gasteiger partial charge on any atom is 0.306 e. The fourth-order valence-electron chi connectivity index (χ4n) is 7.11. The molecule has 15 heteroatoms. The van der Waals surface area contributed by atoms with Crippen LogP contribution in [0.3, 0.4) is 0 Å². The van der Waals surface area contributed by atoms with Crippen LogP contribution in [0.4, 0.5) is 0 Å². The number of hydrogen-bond donors (Lipinski definition) is 7. The second-order valence-corrected chi connectivity index (χ2v) is 16.0. The maximum absolute atomic E-state index is 12.7. The molecular weight excluding hydrogens is 756 g/mol. The van der Waals surface area contributed by atoms with Crippen molar-refractivity contribution in [3.05, 3.63) is 12.2 Å². The normalized spacial score (nSPS) is 28.2. The Bertz CT molecular complexity index is 1080. The van der Waals surface area contributed by atoms with Gasteiger partial charge in [-0.2, -0.15) is 0 Å². The first-order chi connectivity index (χ1) is 28.0. The van der Waals surface area contributed by atoms with Gasteiger partial charge in [0.1, 0.15) is 55.4 Å². The molecule has 11 unspecified atom stereocenters. The Kier molecular flexibility index (Phi) is 28.9. The summed E-state index contributed by atoms with van der Waals surface area (Å²) >= 11 is 0. The molecule has 15 nitrogen and oxygen atoms in total. The molecule has 2 aliphatic rings. The van der Waals surface area contributed by atoms with Gasteiger partial charge in [-0.15, -0.1) is 0 Å². The number of unbranched alkanes of at least 4 members (excludes halogenated alkanes) is 19. The molecule has 2 aliphatic heterocycles. The van der Waals surface area contributed by atoms with E-state index in [1.807, 2.05) is 0 Å². The summed E-state index contributed by atoms with van der Waals surface area (Å²) in [5.74, 6) is -1.11. The molecule has 2 heterocycles. The van der Waals surface area contributed by atoms with Crippen LogP contribution >= 0.6 is 0 Å². The SMILES string of the molecule is CCCCCCCCCC/C=C\CCCCCCCCCCCCCC(=O)OC(COC(C)=O)COC1OC(COC2OC(CO)C(O)C(O)C2O)C(O)C(O)C1O. The maximum atomic E-state index is 12.7. The highest BCUT2D eigenvalue weighted by atomic mass is 16.7. The van der Waals surface area contributed by atoms with E-state index in [4.69, 9.17) is 28.4 Å². The first-order valence-electron chi connectivity index (χ1n) is 22.2. The third-order valence-electron chi connectivity index (χ3n) is 10.8. The molecule has 58 heavy (non-hydrogen) atoms. The first kappa shape index (κ1) is 52.4. The molecule has 0 aromatic rings. The lowest BCUT2D eigenvalue weighted by molar-refractivity contribution is -0.332. The van der Waals surface area contributed by atoms with Crippen LogP contribution in [0.25, 0.3) is 0 Å². The zero-order valence-electron chi connectivity index (χ0n) is 35.3. The van der Waals surface area contributed by atoms with E-state index in [1.165, 1.54) is 116 Å². The van der Waals surface area contributed by atoms with Gasteiger partial charge in [0.15, 0.2) is 18.7 Å². The van der Waals surface area contributed by atoms with Gasteiger partial charge in [-0.05, 0) is 32.1 Å². The molecule has 7 N–H and O–H groups in total. The number of esters is 2. The second-order valence-electron chi connectivity index (χ2n) is 16.0. The van der Waals surface area contributed by atoms with E-state index in [0.29, 0.717) is 6.42 Å². The van der Waals surface area contributed by atoms with Crippen LogP contribution in [-0.4, -0.2) is 142 Å². The predicted octanol–water partition coefficient (Wildman–Crippen LogP) is 4.26. The van der Waals surface area contributed by atoms with Gasteiger partial charge >= 0.3 is 11.9 Å². The van der Waals surface area contributed by atoms with Crippen molar-refractivity contribution in [1.29, 1.82) is 0 Å². The van der Waals surface area contributed by atoms with Crippen LogP contribution in [0, 0.1) is 0 Å². The zero-order chi connectivity index (χ0) is 42.5. The molecule has 0 radical (unpaired) electrons. The van der Waals surface area contributed by atoms with E-state index in [-0.39, 0.29) is 19.6 Å². The lowest BCUT2D eigenvalue weighted by Crippen LogP contribution is -2.61. The highest BCUT2D eigenvalue weighted by molar-refractivity contribution is 5.69. The Labute approximate surface area is 346 Å². The Hall–Kier alpha value is -1.76. The molecule has 2 fully saturated rings. The summed E-state index contributed by atoms with van der Waals surface area (Å²) < 4.78 is 32.5. The van der Waals surface area contributed by atoms with Crippen molar-refractivity contribution < 1.29 is 73.8 Å². The van der Waals surface area contributed by atoms with Crippen molar-refractivity contribution in [3.8, 4) is 0 Å². The minimum Gasteiger partial charge on any atom is -0.462 e. The van der Waals surface area contributed by atoms with Crippen molar-refractivity contribution >= 4 is 11.9 Å². The molecule has 0 aromatic heterocycles. The smallest absolute Gasteiger partial charge is 0.306 e. The molecule has 0 aromatic carbocycles. The molecule has 2 saturated heterocycles. The summed E-state index contributed by atoms with van der Waals surface area (Å²) in [6.07, 6.45) is 13.9. The standard InChI is InChI=1S/C43H78O15/c1-3-4-5-6-7-8-9-10-11-12-13-14-15-16-17-18-19-20-21-22-23-24-25-26-35(46)56-32(28-53-31(2)45)29-54-42-41(52)39(50)37(48)34(58-42)30-55-43-40(51)38(49)36(47)33(27-44)57-43/h12-13,32-34,36-44,47-52H,3-11,14-30H2,1-2H3/b13-12-. The minimum absolute atomic E-state index is 0.162. The summed E-state index contributed by atoms with van der Waals surface area (Å²) in [5, 5.41) is 71.1. The number of carbonyl (C=O) groups is 2. The van der Waals surface area contributed by atoms with Gasteiger partial charge in [-0.1, -0.05) is 122 Å². The molecule has 0 spiro atoms. The monoisotopic (exact) mass is 835 g/mol. The number of hydrogen-bond acceptors (Lipinski definition) is 15. The van der Waals surface area contributed by atoms with E-state index in [0.717, 1.165) is 19.3 Å². The van der Waals surface area contributed by atoms with Gasteiger partial charge < -0.3 is 64.2 Å². The van der Waals surface area contributed by atoms with E-state index in [9.17, 15) is 45.3 Å². The van der Waals surface area contributed by atoms with Crippen LogP contribution in [0.5, 0.6) is 0 Å². The average molecular weight is 835 g/mol. The molecular formula is C43H78O15. The summed E-state index contributed by atoms with van der Waals surface area (Å²) in [5.41, 5.74) is 0. The third kappa shape index (κ3) is 21.7. The summed E-state index contributed by atoms with van der Waals surface area (Å²) in [4.78, 5) is 24.1. The second kappa shape index (κ2) is 32.0. The number of allylic oxidation sites excluding steroid dienone is 2. The van der Waals surface area contributed by atoms with Crippen molar-refractivity contribution in [2.75, 3.05) is 26.4 Å². The van der Waals surface area contributed by atoms with Crippen molar-refractivity contribution in [2.45, 2.75) is 223 Å². The van der Waals surface area contributed by atoms with Crippen molar-refractivity contribution in [2.24, 2.45) is 0 Å². The van der Waals surface area contributed by atoms with Gasteiger partial charge in [-0.3, -0.25) is 9.59 Å². The lowest BCUT2D eigenvalue weighted by Gasteiger charge is -2.42. The van der Waals surface area contributed by atoms with E-state index < -0.39 is 92.7 Å². The fraction of sp³-hybridized carbons (Fsp3) is 0.907. The van der Waals surface area contributed by atoms with E-state index >= 15 is 0 Å². The largest absolute Gasteiger partial charge is 0.462 e. The van der Waals surface area contributed by atoms with Crippen LogP contribution in [0.15, 0.2) is 12.2 Å². The molecule has 0 aliphatic carbocycles. The minimum atomic E-state index is -1.76. The van der Waals surface area contributed by atoms with Crippen molar-refractivity contribution in [3.63, 3.8) is 0 Å². The predicted molar refractivity (Wildman–Crippen MR) is 215 cm³/mol. The first-order valence-corrected chi connectivity index (χ1v) is 22.2. The Balaban J connectivity index is 1.58. The van der Waals surface area contributed by atoms with Crippen LogP contribution in [0.1, 0.15) is 155 Å². The molecule has 0 saturated carbocycles. The Morgan fingerprint density at radius 2 is 1.02 bits per heavy atom. The molecule has 340 valence electrons. The van der Waals surface area contributed by atoms with Crippen molar-refractivity contribution in [1.82, 2.24) is 0 Å². The summed E-state index contributed by atoms with van der Waals surface area (Å²) in [7, 11) is 0. The van der Waals surface area contributed by atoms with E-state index in [1.54, 1.807) is 0 Å². The Morgan fingerprint density at radius 1 is 0.569 bits per heavy atom.